The van der Waals surface area contributed by atoms with E-state index in [9.17, 15) is 4.79 Å². The average Bonchev–Trinajstić information content (AvgIpc) is 3.41. The SMILES string of the molecule is COc1cc(-c2nc(C(=O)NCCc3c[nH]c4ccccc34)c(C)s2)cc(OC)c1OC. The Balaban J connectivity index is 1.50. The minimum Gasteiger partial charge on any atom is -0.493 e. The normalized spacial score (nSPS) is 10.9. The molecule has 32 heavy (non-hydrogen) atoms. The molecule has 8 heteroatoms. The molecule has 0 radical (unpaired) electrons. The van der Waals surface area contributed by atoms with Crippen LogP contribution in [0.15, 0.2) is 42.6 Å². The standard InChI is InChI=1S/C24H25N3O4S/c1-14-21(23(28)25-10-9-15-13-26-18-8-6-5-7-17(15)18)27-24(32-14)16-11-19(29-2)22(31-4)20(12-16)30-3/h5-8,11-13,26H,9-10H2,1-4H3,(H,25,28). The van der Waals surface area contributed by atoms with Crippen molar-refractivity contribution in [1.29, 1.82) is 0 Å². The van der Waals surface area contributed by atoms with Gasteiger partial charge in [-0.3, -0.25) is 4.79 Å². The highest BCUT2D eigenvalue weighted by Crippen LogP contribution is 2.42. The van der Waals surface area contributed by atoms with E-state index in [2.05, 4.69) is 21.4 Å². The fourth-order valence-electron chi connectivity index (χ4n) is 3.67. The predicted octanol–water partition coefficient (Wildman–Crippen LogP) is 4.60. The van der Waals surface area contributed by atoms with Crippen molar-refractivity contribution >= 4 is 28.1 Å². The average molecular weight is 452 g/mol. The number of aromatic nitrogens is 2. The number of amides is 1. The maximum Gasteiger partial charge on any atom is 0.271 e. The molecule has 0 bridgehead atoms. The molecule has 0 unspecified atom stereocenters. The van der Waals surface area contributed by atoms with Crippen LogP contribution in [0, 0.1) is 6.92 Å². The summed E-state index contributed by atoms with van der Waals surface area (Å²) in [6, 6.07) is 11.8. The zero-order chi connectivity index (χ0) is 22.7. The molecule has 1 amide bonds. The summed E-state index contributed by atoms with van der Waals surface area (Å²) >= 11 is 1.45. The van der Waals surface area contributed by atoms with Gasteiger partial charge in [0.25, 0.3) is 5.91 Å². The molecule has 4 rings (SSSR count). The smallest absolute Gasteiger partial charge is 0.271 e. The first-order chi connectivity index (χ1) is 15.5. The molecule has 166 valence electrons. The number of hydrogen-bond donors (Lipinski definition) is 2. The van der Waals surface area contributed by atoms with Gasteiger partial charge in [0.15, 0.2) is 11.5 Å². The molecule has 0 aliphatic carbocycles. The maximum absolute atomic E-state index is 12.8. The van der Waals surface area contributed by atoms with Crippen molar-refractivity contribution in [1.82, 2.24) is 15.3 Å². The molecule has 2 N–H and O–H groups in total. The van der Waals surface area contributed by atoms with Crippen LogP contribution in [-0.2, 0) is 6.42 Å². The highest BCUT2D eigenvalue weighted by Gasteiger charge is 2.20. The number of thiazole rings is 1. The van der Waals surface area contributed by atoms with Gasteiger partial charge in [-0.05, 0) is 37.1 Å². The summed E-state index contributed by atoms with van der Waals surface area (Å²) in [6.45, 7) is 2.42. The molecule has 0 fully saturated rings. The topological polar surface area (TPSA) is 85.5 Å². The second-order valence-electron chi connectivity index (χ2n) is 7.20. The van der Waals surface area contributed by atoms with Crippen LogP contribution in [0.25, 0.3) is 21.5 Å². The number of methoxy groups -OCH3 is 3. The van der Waals surface area contributed by atoms with E-state index in [4.69, 9.17) is 14.2 Å². The Labute approximate surface area is 190 Å². The van der Waals surface area contributed by atoms with Crippen molar-refractivity contribution in [2.24, 2.45) is 0 Å². The summed E-state index contributed by atoms with van der Waals surface area (Å²) in [5.74, 6) is 1.42. The van der Waals surface area contributed by atoms with Gasteiger partial charge in [0.1, 0.15) is 10.7 Å². The molecule has 7 nitrogen and oxygen atoms in total. The molecule has 2 aromatic carbocycles. The molecule has 2 aromatic heterocycles. The lowest BCUT2D eigenvalue weighted by Crippen LogP contribution is -2.26. The van der Waals surface area contributed by atoms with Crippen LogP contribution >= 0.6 is 11.3 Å². The van der Waals surface area contributed by atoms with E-state index in [-0.39, 0.29) is 5.91 Å². The summed E-state index contributed by atoms with van der Waals surface area (Å²) in [4.78, 5) is 21.5. The number of rotatable bonds is 8. The van der Waals surface area contributed by atoms with Crippen molar-refractivity contribution < 1.29 is 19.0 Å². The first-order valence-corrected chi connectivity index (χ1v) is 11.0. The van der Waals surface area contributed by atoms with Crippen LogP contribution in [0.1, 0.15) is 20.9 Å². The number of carbonyl (C=O) groups excluding carboxylic acids is 1. The fraction of sp³-hybridized carbons (Fsp3) is 0.250. The van der Waals surface area contributed by atoms with E-state index in [0.717, 1.165) is 22.4 Å². The van der Waals surface area contributed by atoms with Crippen LogP contribution < -0.4 is 19.5 Å². The third kappa shape index (κ3) is 4.13. The van der Waals surface area contributed by atoms with Crippen LogP contribution in [-0.4, -0.2) is 43.7 Å². The second-order valence-corrected chi connectivity index (χ2v) is 8.41. The van der Waals surface area contributed by atoms with E-state index in [1.54, 1.807) is 21.3 Å². The zero-order valence-corrected chi connectivity index (χ0v) is 19.3. The van der Waals surface area contributed by atoms with Crippen molar-refractivity contribution in [3.05, 3.63) is 58.7 Å². The van der Waals surface area contributed by atoms with Crippen LogP contribution in [0.4, 0.5) is 0 Å². The third-order valence-corrected chi connectivity index (χ3v) is 6.30. The maximum atomic E-state index is 12.8. The van der Waals surface area contributed by atoms with Crippen LogP contribution in [0.2, 0.25) is 0 Å². The van der Waals surface area contributed by atoms with E-state index in [0.29, 0.717) is 34.5 Å². The minimum absolute atomic E-state index is 0.183. The highest BCUT2D eigenvalue weighted by atomic mass is 32.1. The number of carbonyl (C=O) groups is 1. The Morgan fingerprint density at radius 3 is 2.50 bits per heavy atom. The molecule has 2 heterocycles. The number of benzene rings is 2. The fourth-order valence-corrected chi connectivity index (χ4v) is 4.57. The Morgan fingerprint density at radius 1 is 1.09 bits per heavy atom. The van der Waals surface area contributed by atoms with Gasteiger partial charge in [0, 0.05) is 34.1 Å². The van der Waals surface area contributed by atoms with Crippen molar-refractivity contribution in [2.75, 3.05) is 27.9 Å². The summed E-state index contributed by atoms with van der Waals surface area (Å²) in [5, 5.41) is 4.88. The highest BCUT2D eigenvalue weighted by molar-refractivity contribution is 7.15. The molecular formula is C24H25N3O4S. The quantitative estimate of drug-likeness (QED) is 0.409. The van der Waals surface area contributed by atoms with Gasteiger partial charge in [-0.2, -0.15) is 0 Å². The molecule has 0 aliphatic rings. The lowest BCUT2D eigenvalue weighted by Gasteiger charge is -2.13. The van der Waals surface area contributed by atoms with E-state index in [1.165, 1.54) is 22.3 Å². The summed E-state index contributed by atoms with van der Waals surface area (Å²) < 4.78 is 16.3. The molecule has 0 saturated heterocycles. The Hall–Kier alpha value is -3.52. The number of fused-ring (bicyclic) bond motifs is 1. The minimum atomic E-state index is -0.183. The van der Waals surface area contributed by atoms with Crippen molar-refractivity contribution in [3.8, 4) is 27.8 Å². The van der Waals surface area contributed by atoms with Gasteiger partial charge in [0.2, 0.25) is 5.75 Å². The van der Waals surface area contributed by atoms with Crippen molar-refractivity contribution in [3.63, 3.8) is 0 Å². The number of aryl methyl sites for hydroxylation is 1. The zero-order valence-electron chi connectivity index (χ0n) is 18.4. The first kappa shape index (κ1) is 21.7. The van der Waals surface area contributed by atoms with Gasteiger partial charge in [-0.1, -0.05) is 18.2 Å². The van der Waals surface area contributed by atoms with Crippen LogP contribution in [0.5, 0.6) is 17.2 Å². The number of aromatic amines is 1. The number of hydrogen-bond acceptors (Lipinski definition) is 6. The monoisotopic (exact) mass is 451 g/mol. The van der Waals surface area contributed by atoms with Gasteiger partial charge in [-0.25, -0.2) is 4.98 Å². The van der Waals surface area contributed by atoms with Gasteiger partial charge < -0.3 is 24.5 Å². The Morgan fingerprint density at radius 2 is 1.81 bits per heavy atom. The van der Waals surface area contributed by atoms with Gasteiger partial charge in [0.05, 0.1) is 21.3 Å². The molecular weight excluding hydrogens is 426 g/mol. The van der Waals surface area contributed by atoms with Gasteiger partial charge >= 0.3 is 0 Å². The van der Waals surface area contributed by atoms with E-state index >= 15 is 0 Å². The lowest BCUT2D eigenvalue weighted by molar-refractivity contribution is 0.0949. The van der Waals surface area contributed by atoms with Crippen molar-refractivity contribution in [2.45, 2.75) is 13.3 Å². The number of ether oxygens (including phenoxy) is 3. The summed E-state index contributed by atoms with van der Waals surface area (Å²) in [7, 11) is 4.70. The summed E-state index contributed by atoms with van der Waals surface area (Å²) in [6.07, 6.45) is 2.73. The van der Waals surface area contributed by atoms with Gasteiger partial charge in [-0.15, -0.1) is 11.3 Å². The lowest BCUT2D eigenvalue weighted by atomic mass is 10.1. The number of nitrogens with zero attached hydrogens (tertiary/aromatic N) is 1. The number of nitrogens with one attached hydrogen (secondary N) is 2. The Kier molecular flexibility index (Phi) is 6.32. The largest absolute Gasteiger partial charge is 0.493 e. The Bertz CT molecular complexity index is 1240. The number of para-hydroxylation sites is 1. The summed E-state index contributed by atoms with van der Waals surface area (Å²) in [5.41, 5.74) is 3.50. The number of H-pyrrole nitrogens is 1. The van der Waals surface area contributed by atoms with E-state index < -0.39 is 0 Å². The molecule has 0 aliphatic heterocycles. The predicted molar refractivity (Wildman–Crippen MR) is 126 cm³/mol. The molecule has 0 saturated carbocycles. The molecule has 0 atom stereocenters. The molecule has 0 spiro atoms. The molecule has 4 aromatic rings. The van der Waals surface area contributed by atoms with E-state index in [1.807, 2.05) is 43.5 Å². The third-order valence-electron chi connectivity index (χ3n) is 5.28. The second kappa shape index (κ2) is 9.32. The van der Waals surface area contributed by atoms with Crippen LogP contribution in [0.3, 0.4) is 0 Å². The first-order valence-electron chi connectivity index (χ1n) is 10.2.